The van der Waals surface area contributed by atoms with E-state index >= 15 is 0 Å². The lowest BCUT2D eigenvalue weighted by molar-refractivity contribution is 0.0187. The molecule has 32 heavy (non-hydrogen) atoms. The van der Waals surface area contributed by atoms with Crippen LogP contribution in [0, 0.1) is 0 Å². The summed E-state index contributed by atoms with van der Waals surface area (Å²) in [4.78, 5) is 29.4. The molecule has 0 unspecified atom stereocenters. The van der Waals surface area contributed by atoms with Gasteiger partial charge in [-0.15, -0.1) is 0 Å². The Labute approximate surface area is 193 Å². The fourth-order valence-electron chi connectivity index (χ4n) is 4.88. The number of carbonyl (C=O) groups is 2. The molecule has 7 nitrogen and oxygen atoms in total. The molecular formula is C25H42N4O3. The Kier molecular flexibility index (Phi) is 8.63. The van der Waals surface area contributed by atoms with E-state index < -0.39 is 5.60 Å². The molecule has 0 bridgehead atoms. The van der Waals surface area contributed by atoms with Crippen LogP contribution in [-0.2, 0) is 4.74 Å². The third-order valence-electron chi connectivity index (χ3n) is 6.69. The third kappa shape index (κ3) is 6.99. The molecule has 3 rings (SSSR count). The maximum absolute atomic E-state index is 12.8. The molecule has 1 N–H and O–H groups in total. The number of hydrogen-bond acceptors (Lipinski definition) is 4. The van der Waals surface area contributed by atoms with Gasteiger partial charge in [-0.3, -0.25) is 4.79 Å². The van der Waals surface area contributed by atoms with Gasteiger partial charge in [0.2, 0.25) is 0 Å². The summed E-state index contributed by atoms with van der Waals surface area (Å²) in [6.07, 6.45) is 11.0. The largest absolute Gasteiger partial charge is 0.444 e. The lowest BCUT2D eigenvalue weighted by Crippen LogP contribution is -2.42. The van der Waals surface area contributed by atoms with E-state index in [-0.39, 0.29) is 18.0 Å². The van der Waals surface area contributed by atoms with Gasteiger partial charge in [0, 0.05) is 37.9 Å². The molecule has 1 aromatic rings. The second-order valence-electron chi connectivity index (χ2n) is 10.4. The molecule has 7 heteroatoms. The summed E-state index contributed by atoms with van der Waals surface area (Å²) in [6, 6.07) is 4.76. The first-order chi connectivity index (χ1) is 15.2. The number of ether oxygens (including phenoxy) is 1. The van der Waals surface area contributed by atoms with Gasteiger partial charge in [-0.25, -0.2) is 4.79 Å². The number of nitrogens with zero attached hydrogens (tertiary/aromatic N) is 3. The van der Waals surface area contributed by atoms with Crippen molar-refractivity contribution >= 4 is 12.0 Å². The molecule has 0 spiro atoms. The van der Waals surface area contributed by atoms with Crippen LogP contribution >= 0.6 is 0 Å². The van der Waals surface area contributed by atoms with Crippen molar-refractivity contribution in [2.75, 3.05) is 33.2 Å². The molecule has 0 atom stereocenters. The van der Waals surface area contributed by atoms with Gasteiger partial charge >= 0.3 is 6.09 Å². The number of piperidine rings is 1. The molecule has 180 valence electrons. The van der Waals surface area contributed by atoms with Crippen LogP contribution < -0.4 is 5.32 Å². The standard InChI is InChI=1S/C25H42N4O3/c1-25(2,3)32-24(31)28-18-13-21(14-19-28)29-17-8-12-22(29)23(30)26-15-9-16-27(4)20-10-6-5-7-11-20/h8,12,17,20-21H,5-7,9-11,13-16,18-19H2,1-4H3,(H,26,30). The van der Waals surface area contributed by atoms with Crippen LogP contribution in [-0.4, -0.2) is 71.2 Å². The van der Waals surface area contributed by atoms with Crippen molar-refractivity contribution in [1.29, 1.82) is 0 Å². The molecule has 2 amide bonds. The smallest absolute Gasteiger partial charge is 0.410 e. The van der Waals surface area contributed by atoms with E-state index in [1.54, 1.807) is 4.90 Å². The summed E-state index contributed by atoms with van der Waals surface area (Å²) in [5, 5.41) is 3.10. The van der Waals surface area contributed by atoms with Gasteiger partial charge in [-0.05, 0) is 78.6 Å². The van der Waals surface area contributed by atoms with Crippen molar-refractivity contribution in [3.8, 4) is 0 Å². The molecule has 1 aliphatic carbocycles. The zero-order valence-electron chi connectivity index (χ0n) is 20.4. The average molecular weight is 447 g/mol. The molecule has 1 aromatic heterocycles. The Morgan fingerprint density at radius 1 is 1.12 bits per heavy atom. The quantitative estimate of drug-likeness (QED) is 0.629. The van der Waals surface area contributed by atoms with Gasteiger partial charge in [-0.2, -0.15) is 0 Å². The number of carbonyl (C=O) groups excluding carboxylic acids is 2. The van der Waals surface area contributed by atoms with Gasteiger partial charge in [0.25, 0.3) is 5.91 Å². The van der Waals surface area contributed by atoms with Gasteiger partial charge in [-0.1, -0.05) is 19.3 Å². The highest BCUT2D eigenvalue weighted by atomic mass is 16.6. The number of likely N-dealkylation sites (tertiary alicyclic amines) is 1. The number of amides is 2. The van der Waals surface area contributed by atoms with Crippen molar-refractivity contribution in [1.82, 2.24) is 19.7 Å². The average Bonchev–Trinajstić information content (AvgIpc) is 3.26. The Morgan fingerprint density at radius 3 is 2.47 bits per heavy atom. The van der Waals surface area contributed by atoms with Crippen molar-refractivity contribution in [2.24, 2.45) is 0 Å². The minimum atomic E-state index is -0.481. The molecule has 2 heterocycles. The van der Waals surface area contributed by atoms with Crippen LogP contribution in [0.5, 0.6) is 0 Å². The molecule has 0 aromatic carbocycles. The maximum Gasteiger partial charge on any atom is 0.410 e. The van der Waals surface area contributed by atoms with E-state index in [2.05, 4.69) is 21.8 Å². The van der Waals surface area contributed by atoms with Gasteiger partial charge < -0.3 is 24.4 Å². The van der Waals surface area contributed by atoms with E-state index in [9.17, 15) is 9.59 Å². The van der Waals surface area contributed by atoms with Crippen LogP contribution in [0.1, 0.15) is 88.7 Å². The van der Waals surface area contributed by atoms with Crippen molar-refractivity contribution in [3.63, 3.8) is 0 Å². The monoisotopic (exact) mass is 446 g/mol. The summed E-state index contributed by atoms with van der Waals surface area (Å²) < 4.78 is 7.57. The van der Waals surface area contributed by atoms with Crippen LogP contribution in [0.3, 0.4) is 0 Å². The second kappa shape index (κ2) is 11.2. The highest BCUT2D eigenvalue weighted by Gasteiger charge is 2.28. The Morgan fingerprint density at radius 2 is 1.81 bits per heavy atom. The normalized spacial score (nSPS) is 18.7. The minimum absolute atomic E-state index is 0.00936. The summed E-state index contributed by atoms with van der Waals surface area (Å²) >= 11 is 0. The van der Waals surface area contributed by atoms with Gasteiger partial charge in [0.1, 0.15) is 11.3 Å². The van der Waals surface area contributed by atoms with E-state index in [0.717, 1.165) is 25.8 Å². The third-order valence-corrected chi connectivity index (χ3v) is 6.69. The molecule has 2 aliphatic rings. The van der Waals surface area contributed by atoms with Crippen molar-refractivity contribution < 1.29 is 14.3 Å². The number of hydrogen-bond donors (Lipinski definition) is 1. The predicted molar refractivity (Wildman–Crippen MR) is 127 cm³/mol. The lowest BCUT2D eigenvalue weighted by atomic mass is 9.94. The first-order valence-corrected chi connectivity index (χ1v) is 12.4. The summed E-state index contributed by atoms with van der Waals surface area (Å²) in [5.74, 6) is -0.00936. The number of rotatable bonds is 7. The molecule has 1 aliphatic heterocycles. The van der Waals surface area contributed by atoms with Crippen LogP contribution in [0.15, 0.2) is 18.3 Å². The van der Waals surface area contributed by atoms with Crippen molar-refractivity contribution in [2.45, 2.75) is 89.8 Å². The van der Waals surface area contributed by atoms with Crippen molar-refractivity contribution in [3.05, 3.63) is 24.0 Å². The second-order valence-corrected chi connectivity index (χ2v) is 10.4. The van der Waals surface area contributed by atoms with E-state index in [1.807, 2.05) is 39.1 Å². The number of nitrogens with one attached hydrogen (secondary N) is 1. The summed E-state index contributed by atoms with van der Waals surface area (Å²) in [5.41, 5.74) is 0.228. The van der Waals surface area contributed by atoms with Gasteiger partial charge in [0.05, 0.1) is 0 Å². The molecule has 2 fully saturated rings. The molecule has 0 radical (unpaired) electrons. The summed E-state index contributed by atoms with van der Waals surface area (Å²) in [6.45, 7) is 8.66. The fraction of sp³-hybridized carbons (Fsp3) is 0.760. The molecule has 1 saturated heterocycles. The number of aromatic nitrogens is 1. The maximum atomic E-state index is 12.8. The highest BCUT2D eigenvalue weighted by Crippen LogP contribution is 2.26. The zero-order chi connectivity index (χ0) is 23.1. The van der Waals surface area contributed by atoms with Gasteiger partial charge in [0.15, 0.2) is 0 Å². The molecular weight excluding hydrogens is 404 g/mol. The Balaban J connectivity index is 1.43. The Bertz CT molecular complexity index is 741. The van der Waals surface area contributed by atoms with Crippen LogP contribution in [0.25, 0.3) is 0 Å². The summed E-state index contributed by atoms with van der Waals surface area (Å²) in [7, 11) is 2.21. The minimum Gasteiger partial charge on any atom is -0.444 e. The highest BCUT2D eigenvalue weighted by molar-refractivity contribution is 5.92. The van der Waals surface area contributed by atoms with Crippen LogP contribution in [0.2, 0.25) is 0 Å². The van der Waals surface area contributed by atoms with E-state index in [1.165, 1.54) is 32.1 Å². The zero-order valence-corrected chi connectivity index (χ0v) is 20.4. The lowest BCUT2D eigenvalue weighted by Gasteiger charge is -2.34. The Hall–Kier alpha value is -2.02. The molecule has 1 saturated carbocycles. The topological polar surface area (TPSA) is 66.8 Å². The van der Waals surface area contributed by atoms with E-state index in [0.29, 0.717) is 31.4 Å². The first-order valence-electron chi connectivity index (χ1n) is 12.4. The fourth-order valence-corrected chi connectivity index (χ4v) is 4.88. The van der Waals surface area contributed by atoms with E-state index in [4.69, 9.17) is 4.74 Å². The van der Waals surface area contributed by atoms with Crippen LogP contribution in [0.4, 0.5) is 4.79 Å². The first kappa shape index (κ1) is 24.6. The predicted octanol–water partition coefficient (Wildman–Crippen LogP) is 4.44. The SMILES string of the molecule is CN(CCCNC(=O)c1cccn1C1CCN(C(=O)OC(C)(C)C)CC1)C1CCCCC1.